The van der Waals surface area contributed by atoms with E-state index in [1.807, 2.05) is 10.7 Å². The second-order valence-electron chi connectivity index (χ2n) is 4.71. The number of anilines is 1. The van der Waals surface area contributed by atoms with Crippen molar-refractivity contribution in [3.05, 3.63) is 30.4 Å². The minimum Gasteiger partial charge on any atom is -0.431 e. The Morgan fingerprint density at radius 2 is 2.25 bits per heavy atom. The standard InChI is InChI=1S/C13H15N5OS/c1-8(2)18-12(15-7-16-18)6-20-13-17-10-5-9(14)3-4-11(10)19-13/h3-5,7-8H,6,14H2,1-2H3. The molecule has 0 saturated heterocycles. The maximum Gasteiger partial charge on any atom is 0.257 e. The summed E-state index contributed by atoms with van der Waals surface area (Å²) in [7, 11) is 0. The minimum absolute atomic E-state index is 0.288. The highest BCUT2D eigenvalue weighted by molar-refractivity contribution is 7.98. The summed E-state index contributed by atoms with van der Waals surface area (Å²) in [5.41, 5.74) is 7.93. The Morgan fingerprint density at radius 1 is 1.40 bits per heavy atom. The quantitative estimate of drug-likeness (QED) is 0.587. The molecular formula is C13H15N5OS. The van der Waals surface area contributed by atoms with E-state index in [1.54, 1.807) is 18.5 Å². The van der Waals surface area contributed by atoms with Crippen LogP contribution in [0, 0.1) is 0 Å². The Labute approximate surface area is 120 Å². The van der Waals surface area contributed by atoms with E-state index in [1.165, 1.54) is 11.8 Å². The van der Waals surface area contributed by atoms with Gasteiger partial charge in [-0.15, -0.1) is 0 Å². The summed E-state index contributed by atoms with van der Waals surface area (Å²) in [6, 6.07) is 5.73. The molecule has 3 aromatic rings. The fourth-order valence-corrected chi connectivity index (χ4v) is 2.69. The van der Waals surface area contributed by atoms with Crippen LogP contribution in [0.5, 0.6) is 0 Å². The molecule has 0 fully saturated rings. The zero-order valence-corrected chi connectivity index (χ0v) is 12.1. The van der Waals surface area contributed by atoms with Crippen molar-refractivity contribution >= 4 is 28.5 Å². The first-order valence-corrected chi connectivity index (χ1v) is 7.29. The summed E-state index contributed by atoms with van der Waals surface area (Å²) >= 11 is 1.50. The van der Waals surface area contributed by atoms with Gasteiger partial charge in [0.25, 0.3) is 5.22 Å². The molecule has 0 amide bonds. The molecule has 2 heterocycles. The zero-order valence-electron chi connectivity index (χ0n) is 11.3. The van der Waals surface area contributed by atoms with Gasteiger partial charge in [0.2, 0.25) is 0 Å². The molecule has 104 valence electrons. The fourth-order valence-electron chi connectivity index (χ4n) is 1.92. The Bertz CT molecular complexity index is 733. The van der Waals surface area contributed by atoms with Gasteiger partial charge in [-0.3, -0.25) is 0 Å². The number of hydrogen-bond acceptors (Lipinski definition) is 6. The number of hydrogen-bond donors (Lipinski definition) is 1. The lowest BCUT2D eigenvalue weighted by Gasteiger charge is -2.07. The third kappa shape index (κ3) is 2.49. The first-order chi connectivity index (χ1) is 9.63. The number of nitrogens with two attached hydrogens (primary N) is 1. The van der Waals surface area contributed by atoms with Crippen molar-refractivity contribution < 1.29 is 4.42 Å². The molecule has 0 aliphatic heterocycles. The molecule has 2 N–H and O–H groups in total. The number of rotatable bonds is 4. The van der Waals surface area contributed by atoms with E-state index in [-0.39, 0.29) is 6.04 Å². The van der Waals surface area contributed by atoms with Gasteiger partial charge in [-0.1, -0.05) is 11.8 Å². The predicted octanol–water partition coefficient (Wildman–Crippen LogP) is 2.87. The summed E-state index contributed by atoms with van der Waals surface area (Å²) in [4.78, 5) is 8.67. The molecule has 0 aliphatic carbocycles. The first kappa shape index (κ1) is 13.0. The van der Waals surface area contributed by atoms with Gasteiger partial charge < -0.3 is 10.2 Å². The second-order valence-corrected chi connectivity index (χ2v) is 5.64. The van der Waals surface area contributed by atoms with Crippen molar-refractivity contribution in [1.82, 2.24) is 19.7 Å². The van der Waals surface area contributed by atoms with Crippen molar-refractivity contribution in [2.24, 2.45) is 0 Å². The largest absolute Gasteiger partial charge is 0.431 e. The third-order valence-electron chi connectivity index (χ3n) is 2.85. The van der Waals surface area contributed by atoms with Crippen molar-refractivity contribution in [3.8, 4) is 0 Å². The molecule has 7 heteroatoms. The topological polar surface area (TPSA) is 82.8 Å². The number of aromatic nitrogens is 4. The molecule has 0 bridgehead atoms. The van der Waals surface area contributed by atoms with Crippen LogP contribution in [0.15, 0.2) is 34.2 Å². The summed E-state index contributed by atoms with van der Waals surface area (Å²) in [6.07, 6.45) is 1.57. The van der Waals surface area contributed by atoms with Crippen LogP contribution >= 0.6 is 11.8 Å². The average molecular weight is 289 g/mol. The van der Waals surface area contributed by atoms with Gasteiger partial charge in [0.05, 0.1) is 5.75 Å². The van der Waals surface area contributed by atoms with Crippen molar-refractivity contribution in [2.75, 3.05) is 5.73 Å². The monoisotopic (exact) mass is 289 g/mol. The summed E-state index contributed by atoms with van der Waals surface area (Å²) in [5.74, 6) is 1.58. The molecule has 0 aliphatic rings. The maximum absolute atomic E-state index is 5.73. The second kappa shape index (κ2) is 5.16. The molecule has 20 heavy (non-hydrogen) atoms. The third-order valence-corrected chi connectivity index (χ3v) is 3.68. The van der Waals surface area contributed by atoms with Gasteiger partial charge in [0.15, 0.2) is 5.58 Å². The predicted molar refractivity (Wildman–Crippen MR) is 78.4 cm³/mol. The lowest BCUT2D eigenvalue weighted by molar-refractivity contribution is 0.487. The number of benzene rings is 1. The van der Waals surface area contributed by atoms with Gasteiger partial charge in [-0.05, 0) is 32.0 Å². The lowest BCUT2D eigenvalue weighted by atomic mass is 10.3. The highest BCUT2D eigenvalue weighted by atomic mass is 32.2. The summed E-state index contributed by atoms with van der Waals surface area (Å²) < 4.78 is 7.56. The van der Waals surface area contributed by atoms with E-state index in [0.717, 1.165) is 16.9 Å². The Balaban J connectivity index is 1.78. The van der Waals surface area contributed by atoms with Crippen LogP contribution in [-0.4, -0.2) is 19.7 Å². The first-order valence-electron chi connectivity index (χ1n) is 6.31. The average Bonchev–Trinajstić information content (AvgIpc) is 3.01. The van der Waals surface area contributed by atoms with Gasteiger partial charge in [0, 0.05) is 11.7 Å². The van der Waals surface area contributed by atoms with Crippen LogP contribution < -0.4 is 5.73 Å². The number of nitrogen functional groups attached to an aromatic ring is 1. The van der Waals surface area contributed by atoms with Crippen LogP contribution in [-0.2, 0) is 5.75 Å². The molecule has 0 radical (unpaired) electrons. The van der Waals surface area contributed by atoms with Crippen LogP contribution in [0.25, 0.3) is 11.1 Å². The van der Waals surface area contributed by atoms with E-state index in [9.17, 15) is 0 Å². The number of oxazole rings is 1. The van der Waals surface area contributed by atoms with Crippen LogP contribution in [0.3, 0.4) is 0 Å². The Kier molecular flexibility index (Phi) is 3.35. The molecule has 1 aromatic carbocycles. The maximum atomic E-state index is 5.73. The molecule has 3 rings (SSSR count). The Morgan fingerprint density at radius 3 is 3.05 bits per heavy atom. The van der Waals surface area contributed by atoms with Gasteiger partial charge in [0.1, 0.15) is 17.7 Å². The molecule has 2 aromatic heterocycles. The smallest absolute Gasteiger partial charge is 0.257 e. The minimum atomic E-state index is 0.288. The number of nitrogens with zero attached hydrogens (tertiary/aromatic N) is 4. The van der Waals surface area contributed by atoms with E-state index in [0.29, 0.717) is 16.7 Å². The SMILES string of the molecule is CC(C)n1ncnc1CSc1nc2cc(N)ccc2o1. The van der Waals surface area contributed by atoms with E-state index in [2.05, 4.69) is 28.9 Å². The number of thioether (sulfide) groups is 1. The van der Waals surface area contributed by atoms with Crippen LogP contribution in [0.2, 0.25) is 0 Å². The Hall–Kier alpha value is -2.02. The molecule has 0 spiro atoms. The lowest BCUT2D eigenvalue weighted by Crippen LogP contribution is -2.07. The molecule has 0 unspecified atom stereocenters. The van der Waals surface area contributed by atoms with Gasteiger partial charge in [-0.25, -0.2) is 14.6 Å². The summed E-state index contributed by atoms with van der Waals surface area (Å²) in [6.45, 7) is 4.15. The fraction of sp³-hybridized carbons (Fsp3) is 0.308. The number of fused-ring (bicyclic) bond motifs is 1. The molecular weight excluding hydrogens is 274 g/mol. The highest BCUT2D eigenvalue weighted by Crippen LogP contribution is 2.27. The molecule has 0 saturated carbocycles. The van der Waals surface area contributed by atoms with E-state index >= 15 is 0 Å². The van der Waals surface area contributed by atoms with Crippen LogP contribution in [0.1, 0.15) is 25.7 Å². The normalized spacial score (nSPS) is 11.6. The van der Waals surface area contributed by atoms with Crippen molar-refractivity contribution in [2.45, 2.75) is 30.9 Å². The van der Waals surface area contributed by atoms with Crippen molar-refractivity contribution in [1.29, 1.82) is 0 Å². The van der Waals surface area contributed by atoms with E-state index < -0.39 is 0 Å². The highest BCUT2D eigenvalue weighted by Gasteiger charge is 2.11. The van der Waals surface area contributed by atoms with Gasteiger partial charge >= 0.3 is 0 Å². The molecule has 0 atom stereocenters. The van der Waals surface area contributed by atoms with Gasteiger partial charge in [-0.2, -0.15) is 5.10 Å². The molecule has 6 nitrogen and oxygen atoms in total. The van der Waals surface area contributed by atoms with Crippen LogP contribution in [0.4, 0.5) is 5.69 Å². The van der Waals surface area contributed by atoms with E-state index in [4.69, 9.17) is 10.2 Å². The summed E-state index contributed by atoms with van der Waals surface area (Å²) in [5, 5.41) is 4.82. The zero-order chi connectivity index (χ0) is 14.1. The van der Waals surface area contributed by atoms with Crippen molar-refractivity contribution in [3.63, 3.8) is 0 Å².